The molecule has 9 nitrogen and oxygen atoms in total. The van der Waals surface area contributed by atoms with E-state index in [1.165, 1.54) is 32.1 Å². The molecule has 0 aromatic rings. The first-order valence-electron chi connectivity index (χ1n) is 18.3. The van der Waals surface area contributed by atoms with Crippen LogP contribution >= 0.6 is 0 Å². The van der Waals surface area contributed by atoms with E-state index in [1.54, 1.807) is 0 Å². The van der Waals surface area contributed by atoms with E-state index in [0.717, 1.165) is 71.1 Å². The van der Waals surface area contributed by atoms with Crippen LogP contribution < -0.4 is 16.4 Å². The zero-order valence-electron chi connectivity index (χ0n) is 29.0. The highest BCUT2D eigenvalue weighted by molar-refractivity contribution is 7.80. The Morgan fingerprint density at radius 1 is 0.956 bits per heavy atom. The smallest absolute Gasteiger partial charge is 0.393 e. The second-order valence-electron chi connectivity index (χ2n) is 16.5. The minimum Gasteiger partial charge on any atom is -0.393 e. The van der Waals surface area contributed by atoms with Crippen molar-refractivity contribution in [2.75, 3.05) is 32.8 Å². The maximum Gasteiger partial charge on any atom is 0.397 e. The lowest BCUT2D eigenvalue weighted by Crippen LogP contribution is -2.59. The van der Waals surface area contributed by atoms with E-state index in [2.05, 4.69) is 31.4 Å². The van der Waals surface area contributed by atoms with Gasteiger partial charge in [0.25, 0.3) is 0 Å². The summed E-state index contributed by atoms with van der Waals surface area (Å²) in [4.78, 5) is 0. The fraction of sp³-hybridized carbons (Fsp3) is 1.00. The molecule has 4 saturated carbocycles. The molecule has 4 fully saturated rings. The molecule has 0 aromatic carbocycles. The van der Waals surface area contributed by atoms with Gasteiger partial charge in [-0.3, -0.25) is 4.55 Å². The molecule has 0 radical (unpaired) electrons. The molecule has 0 aliphatic heterocycles. The van der Waals surface area contributed by atoms with E-state index in [0.29, 0.717) is 53.4 Å². The summed E-state index contributed by atoms with van der Waals surface area (Å²) in [5.74, 6) is 2.52. The predicted octanol–water partition coefficient (Wildman–Crippen LogP) is 4.92. The van der Waals surface area contributed by atoms with Gasteiger partial charge in [-0.1, -0.05) is 34.6 Å². The number of hydrogen-bond donors (Lipinski definition) is 6. The molecule has 0 heterocycles. The fourth-order valence-corrected chi connectivity index (χ4v) is 11.8. The molecule has 0 saturated heterocycles. The Labute approximate surface area is 274 Å². The first-order chi connectivity index (χ1) is 21.2. The normalized spacial score (nSPS) is 38.8. The predicted molar refractivity (Wildman–Crippen MR) is 180 cm³/mol. The monoisotopic (exact) mass is 657 g/mol. The standard InChI is InChI=1S/C35H67N3O6S/c1-24(2)35(23-39,44-45(41,42)43)16-11-25(3)28-9-10-29-32-30(13-15-34(28,29)5)33(4)14-12-27(21-26(33)22-31(32)40)38-20-8-19-37-18-7-6-17-36/h24-32,37-40H,6-23,36H2,1-5H3,(H,41,42,43)/t25-,26-,27+,28-,29+,30+,31-,32+,33+,34-,35+/m1/s1. The zero-order chi connectivity index (χ0) is 33.0. The first-order valence-corrected chi connectivity index (χ1v) is 19.7. The van der Waals surface area contributed by atoms with E-state index in [4.69, 9.17) is 9.92 Å². The van der Waals surface area contributed by atoms with Crippen molar-refractivity contribution < 1.29 is 27.4 Å². The van der Waals surface area contributed by atoms with E-state index < -0.39 is 22.6 Å². The third-order valence-corrected chi connectivity index (χ3v) is 14.4. The average molecular weight is 658 g/mol. The van der Waals surface area contributed by atoms with Gasteiger partial charge in [0.2, 0.25) is 0 Å². The molecule has 264 valence electrons. The first kappa shape index (κ1) is 37.5. The van der Waals surface area contributed by atoms with Crippen molar-refractivity contribution in [2.45, 2.75) is 136 Å². The Morgan fingerprint density at radius 3 is 2.31 bits per heavy atom. The molecule has 0 unspecified atom stereocenters. The molecule has 0 bridgehead atoms. The minimum absolute atomic E-state index is 0.144. The van der Waals surface area contributed by atoms with Crippen LogP contribution in [-0.2, 0) is 14.6 Å². The maximum atomic E-state index is 11.8. The highest BCUT2D eigenvalue weighted by atomic mass is 32.3. The Bertz CT molecular complexity index is 1050. The minimum atomic E-state index is -4.68. The summed E-state index contributed by atoms with van der Waals surface area (Å²) < 4.78 is 37.9. The number of aliphatic hydroxyl groups excluding tert-OH is 2. The molecule has 10 heteroatoms. The van der Waals surface area contributed by atoms with Gasteiger partial charge in [-0.15, -0.1) is 0 Å². The molecular weight excluding hydrogens is 590 g/mol. The number of fused-ring (bicyclic) bond motifs is 5. The Hall–Kier alpha value is -0.330. The molecule has 0 spiro atoms. The lowest BCUT2D eigenvalue weighted by molar-refractivity contribution is -0.167. The molecule has 11 atom stereocenters. The highest BCUT2D eigenvalue weighted by Crippen LogP contribution is 2.68. The molecular formula is C35H67N3O6S. The number of rotatable bonds is 17. The van der Waals surface area contributed by atoms with Gasteiger partial charge in [-0.25, -0.2) is 4.18 Å². The summed E-state index contributed by atoms with van der Waals surface area (Å²) in [5.41, 5.74) is 4.70. The quantitative estimate of drug-likeness (QED) is 0.0946. The summed E-state index contributed by atoms with van der Waals surface area (Å²) in [6.07, 6.45) is 13.4. The van der Waals surface area contributed by atoms with Gasteiger partial charge in [0.15, 0.2) is 0 Å². The van der Waals surface area contributed by atoms with Crippen molar-refractivity contribution >= 4 is 10.4 Å². The van der Waals surface area contributed by atoms with Crippen LogP contribution in [0.2, 0.25) is 0 Å². The lowest BCUT2D eigenvalue weighted by atomic mass is 9.43. The molecule has 4 rings (SSSR count). The summed E-state index contributed by atoms with van der Waals surface area (Å²) in [7, 11) is -4.68. The van der Waals surface area contributed by atoms with E-state index >= 15 is 0 Å². The summed E-state index contributed by atoms with van der Waals surface area (Å²) >= 11 is 0. The van der Waals surface area contributed by atoms with Crippen molar-refractivity contribution in [3.05, 3.63) is 0 Å². The van der Waals surface area contributed by atoms with Gasteiger partial charge < -0.3 is 26.6 Å². The van der Waals surface area contributed by atoms with Crippen LogP contribution in [0.15, 0.2) is 0 Å². The molecule has 4 aliphatic rings. The van der Waals surface area contributed by atoms with Crippen LogP contribution in [0.5, 0.6) is 0 Å². The molecule has 0 aromatic heterocycles. The SMILES string of the molecule is CC(C)[C@@](CO)(CC[C@@H](C)[C@H]1CC[C@H]2[C@@H]3[C@H](O)C[C@H]4C[C@@H](NCCCNCCCCN)CC[C@]4(C)[C@H]3CC[C@]12C)OS(=O)(=O)O. The summed E-state index contributed by atoms with van der Waals surface area (Å²) in [6, 6.07) is 0.552. The lowest BCUT2D eigenvalue weighted by Gasteiger charge is -2.62. The highest BCUT2D eigenvalue weighted by Gasteiger charge is 2.63. The van der Waals surface area contributed by atoms with Crippen LogP contribution in [0.3, 0.4) is 0 Å². The average Bonchev–Trinajstić information content (AvgIpc) is 3.33. The van der Waals surface area contributed by atoms with Crippen molar-refractivity contribution in [1.82, 2.24) is 10.6 Å². The Kier molecular flexibility index (Phi) is 12.9. The van der Waals surface area contributed by atoms with Gasteiger partial charge in [-0.2, -0.15) is 8.42 Å². The summed E-state index contributed by atoms with van der Waals surface area (Å²) in [5, 5.41) is 29.4. The van der Waals surface area contributed by atoms with E-state index in [1.807, 2.05) is 13.8 Å². The third-order valence-electron chi connectivity index (χ3n) is 13.8. The Balaban J connectivity index is 1.35. The number of nitrogens with two attached hydrogens (primary N) is 1. The molecule has 4 aliphatic carbocycles. The van der Waals surface area contributed by atoms with Gasteiger partial charge in [0, 0.05) is 6.04 Å². The largest absolute Gasteiger partial charge is 0.397 e. The molecule has 45 heavy (non-hydrogen) atoms. The number of nitrogens with one attached hydrogen (secondary N) is 2. The van der Waals surface area contributed by atoms with Crippen molar-refractivity contribution in [3.8, 4) is 0 Å². The summed E-state index contributed by atoms with van der Waals surface area (Å²) in [6.45, 7) is 14.4. The third kappa shape index (κ3) is 8.28. The second kappa shape index (κ2) is 15.5. The topological polar surface area (TPSA) is 154 Å². The Morgan fingerprint density at radius 2 is 1.64 bits per heavy atom. The maximum absolute atomic E-state index is 11.8. The molecule has 0 amide bonds. The molecule has 7 N–H and O–H groups in total. The van der Waals surface area contributed by atoms with Crippen LogP contribution in [-0.4, -0.2) is 73.7 Å². The van der Waals surface area contributed by atoms with Crippen molar-refractivity contribution in [1.29, 1.82) is 0 Å². The second-order valence-corrected chi connectivity index (χ2v) is 17.5. The van der Waals surface area contributed by atoms with Crippen molar-refractivity contribution in [2.24, 2.45) is 58.0 Å². The van der Waals surface area contributed by atoms with Crippen LogP contribution in [0.4, 0.5) is 0 Å². The van der Waals surface area contributed by atoms with Gasteiger partial charge in [0.05, 0.1) is 12.7 Å². The zero-order valence-corrected chi connectivity index (χ0v) is 29.8. The number of unbranched alkanes of at least 4 members (excludes halogenated alkanes) is 1. The van der Waals surface area contributed by atoms with Crippen LogP contribution in [0.1, 0.15) is 118 Å². The van der Waals surface area contributed by atoms with E-state index in [9.17, 15) is 23.2 Å². The van der Waals surface area contributed by atoms with Gasteiger partial charge in [0.1, 0.15) is 5.60 Å². The van der Waals surface area contributed by atoms with Crippen molar-refractivity contribution in [3.63, 3.8) is 0 Å². The van der Waals surface area contributed by atoms with E-state index in [-0.39, 0.29) is 17.4 Å². The van der Waals surface area contributed by atoms with Crippen LogP contribution in [0, 0.1) is 52.3 Å². The number of aliphatic hydroxyl groups is 2. The van der Waals surface area contributed by atoms with Gasteiger partial charge in [-0.05, 0) is 162 Å². The fourth-order valence-electron chi connectivity index (χ4n) is 11.0. The number of hydrogen-bond acceptors (Lipinski definition) is 8. The van der Waals surface area contributed by atoms with Crippen LogP contribution in [0.25, 0.3) is 0 Å². The van der Waals surface area contributed by atoms with Gasteiger partial charge >= 0.3 is 10.4 Å².